The minimum Gasteiger partial charge on any atom is -0.467 e. The fraction of sp³-hybridized carbons (Fsp3) is 0.444. The maximum Gasteiger partial charge on any atom is 0.318 e. The zero-order valence-electron chi connectivity index (χ0n) is 15.4. The molecule has 2 saturated heterocycles. The van der Waals surface area contributed by atoms with E-state index in [1.54, 1.807) is 29.2 Å². The molecule has 2 fully saturated rings. The van der Waals surface area contributed by atoms with E-state index in [-0.39, 0.29) is 37.0 Å². The Balaban J connectivity index is 1.60. The second-order valence-corrected chi connectivity index (χ2v) is 8.51. The van der Waals surface area contributed by atoms with Crippen molar-refractivity contribution in [3.8, 4) is 6.01 Å². The van der Waals surface area contributed by atoms with Gasteiger partial charge in [-0.25, -0.2) is 17.8 Å². The lowest BCUT2D eigenvalue weighted by Gasteiger charge is -2.45. The Morgan fingerprint density at radius 1 is 1.25 bits per heavy atom. The molecule has 8 nitrogen and oxygen atoms in total. The summed E-state index contributed by atoms with van der Waals surface area (Å²) in [5.74, 6) is 0.528. The van der Waals surface area contributed by atoms with E-state index in [9.17, 15) is 8.42 Å². The molecule has 1 aromatic heterocycles. The standard InChI is InChI=1S/C18H21FN4O4S/c1-26-17-20-9-7-16(21-17)22-10-8-18(15(19)13-22)23(11-12-27-18)28(24,25)14-5-3-2-4-6-14/h2-7,9,15H,8,10-13H2,1H3. The van der Waals surface area contributed by atoms with Crippen LogP contribution < -0.4 is 9.64 Å². The lowest BCUT2D eigenvalue weighted by Crippen LogP contribution is -2.62. The number of anilines is 1. The maximum absolute atomic E-state index is 15.4. The summed E-state index contributed by atoms with van der Waals surface area (Å²) in [5, 5.41) is 0. The number of benzene rings is 1. The van der Waals surface area contributed by atoms with Gasteiger partial charge in [-0.15, -0.1) is 0 Å². The van der Waals surface area contributed by atoms with E-state index >= 15 is 4.39 Å². The zero-order valence-corrected chi connectivity index (χ0v) is 16.2. The SMILES string of the molecule is COc1nccc(N2CCC3(OCCN3S(=O)(=O)c3ccccc3)C(F)C2)n1. The van der Waals surface area contributed by atoms with Gasteiger partial charge in [-0.1, -0.05) is 18.2 Å². The highest BCUT2D eigenvalue weighted by Crippen LogP contribution is 2.40. The topological polar surface area (TPSA) is 84.9 Å². The lowest BCUT2D eigenvalue weighted by atomic mass is 9.98. The Morgan fingerprint density at radius 2 is 2.04 bits per heavy atom. The number of nitrogens with zero attached hydrogens (tertiary/aromatic N) is 4. The number of rotatable bonds is 4. The summed E-state index contributed by atoms with van der Waals surface area (Å²) >= 11 is 0. The summed E-state index contributed by atoms with van der Waals surface area (Å²) in [6, 6.07) is 9.92. The minimum atomic E-state index is -3.87. The third kappa shape index (κ3) is 3.11. The molecule has 4 rings (SSSR count). The van der Waals surface area contributed by atoms with E-state index in [0.717, 1.165) is 0 Å². The van der Waals surface area contributed by atoms with E-state index in [1.165, 1.54) is 29.7 Å². The van der Waals surface area contributed by atoms with E-state index in [1.807, 2.05) is 0 Å². The van der Waals surface area contributed by atoms with Crippen LogP contribution in [0, 0.1) is 0 Å². The third-order valence-corrected chi connectivity index (χ3v) is 7.07. The van der Waals surface area contributed by atoms with Crippen molar-refractivity contribution in [1.82, 2.24) is 14.3 Å². The first-order valence-electron chi connectivity index (χ1n) is 8.95. The van der Waals surface area contributed by atoms with Gasteiger partial charge in [0.05, 0.1) is 25.2 Å². The predicted molar refractivity (Wildman–Crippen MR) is 99.3 cm³/mol. The van der Waals surface area contributed by atoms with Gasteiger partial charge < -0.3 is 14.4 Å². The van der Waals surface area contributed by atoms with Crippen LogP contribution >= 0.6 is 0 Å². The highest BCUT2D eigenvalue weighted by molar-refractivity contribution is 7.89. The van der Waals surface area contributed by atoms with E-state index in [2.05, 4.69) is 9.97 Å². The molecule has 2 aliphatic heterocycles. The van der Waals surface area contributed by atoms with Crippen LogP contribution in [0.3, 0.4) is 0 Å². The molecule has 1 spiro atoms. The summed E-state index contributed by atoms with van der Waals surface area (Å²) in [5.41, 5.74) is -1.50. The van der Waals surface area contributed by atoms with Crippen molar-refractivity contribution in [1.29, 1.82) is 0 Å². The molecule has 2 aliphatic rings. The van der Waals surface area contributed by atoms with Gasteiger partial charge in [0.1, 0.15) is 5.82 Å². The Labute approximate surface area is 163 Å². The Bertz CT molecular complexity index is 946. The van der Waals surface area contributed by atoms with Crippen LogP contribution in [0.4, 0.5) is 10.2 Å². The van der Waals surface area contributed by atoms with Crippen molar-refractivity contribution in [2.24, 2.45) is 0 Å². The van der Waals surface area contributed by atoms with Gasteiger partial charge in [0.2, 0.25) is 10.0 Å². The summed E-state index contributed by atoms with van der Waals surface area (Å²) < 4.78 is 53.6. The van der Waals surface area contributed by atoms with Gasteiger partial charge in [0.25, 0.3) is 0 Å². The molecule has 2 atom stereocenters. The highest BCUT2D eigenvalue weighted by atomic mass is 32.2. The normalized spacial score (nSPS) is 25.9. The largest absolute Gasteiger partial charge is 0.467 e. The van der Waals surface area contributed by atoms with Gasteiger partial charge in [-0.05, 0) is 18.2 Å². The first kappa shape index (κ1) is 19.0. The van der Waals surface area contributed by atoms with Crippen LogP contribution in [0.5, 0.6) is 6.01 Å². The molecular formula is C18H21FN4O4S. The Morgan fingerprint density at radius 3 is 2.75 bits per heavy atom. The number of piperidine rings is 1. The average molecular weight is 408 g/mol. The summed E-state index contributed by atoms with van der Waals surface area (Å²) in [6.45, 7) is 0.634. The van der Waals surface area contributed by atoms with Crippen LogP contribution in [-0.2, 0) is 14.8 Å². The Hall–Kier alpha value is -2.30. The van der Waals surface area contributed by atoms with Crippen LogP contribution in [0.1, 0.15) is 6.42 Å². The average Bonchev–Trinajstić information content (AvgIpc) is 3.16. The van der Waals surface area contributed by atoms with Gasteiger partial charge in [-0.2, -0.15) is 9.29 Å². The molecule has 0 bridgehead atoms. The Kier molecular flexibility index (Phi) is 4.94. The molecule has 1 aromatic carbocycles. The predicted octanol–water partition coefficient (Wildman–Crippen LogP) is 1.45. The second-order valence-electron chi connectivity index (χ2n) is 6.65. The van der Waals surface area contributed by atoms with Crippen LogP contribution in [0.25, 0.3) is 0 Å². The van der Waals surface area contributed by atoms with Crippen LogP contribution in [0.15, 0.2) is 47.5 Å². The molecule has 2 aromatic rings. The van der Waals surface area contributed by atoms with E-state index in [0.29, 0.717) is 12.4 Å². The maximum atomic E-state index is 15.4. The molecular weight excluding hydrogens is 387 g/mol. The third-order valence-electron chi connectivity index (χ3n) is 5.14. The van der Waals surface area contributed by atoms with Crippen LogP contribution in [0.2, 0.25) is 0 Å². The first-order valence-corrected chi connectivity index (χ1v) is 10.4. The lowest BCUT2D eigenvalue weighted by molar-refractivity contribution is -0.116. The molecule has 0 radical (unpaired) electrons. The summed E-state index contributed by atoms with van der Waals surface area (Å²) in [7, 11) is -2.41. The number of methoxy groups -OCH3 is 1. The van der Waals surface area contributed by atoms with Crippen molar-refractivity contribution >= 4 is 15.8 Å². The van der Waals surface area contributed by atoms with Gasteiger partial charge >= 0.3 is 6.01 Å². The zero-order chi connectivity index (χ0) is 19.8. The van der Waals surface area contributed by atoms with Crippen molar-refractivity contribution in [2.75, 3.05) is 38.3 Å². The number of halogens is 1. The van der Waals surface area contributed by atoms with Gasteiger partial charge in [0.15, 0.2) is 11.9 Å². The van der Waals surface area contributed by atoms with Gasteiger partial charge in [-0.3, -0.25) is 0 Å². The number of aromatic nitrogens is 2. The molecule has 0 amide bonds. The second kappa shape index (κ2) is 7.26. The van der Waals surface area contributed by atoms with Gasteiger partial charge in [0, 0.05) is 25.7 Å². The highest BCUT2D eigenvalue weighted by Gasteiger charge is 2.56. The summed E-state index contributed by atoms with van der Waals surface area (Å²) in [4.78, 5) is 10.1. The first-order chi connectivity index (χ1) is 13.5. The number of alkyl halides is 1. The van der Waals surface area contributed by atoms with Crippen LogP contribution in [-0.4, -0.2) is 67.9 Å². The molecule has 10 heteroatoms. The number of sulfonamides is 1. The monoisotopic (exact) mass is 408 g/mol. The molecule has 3 heterocycles. The molecule has 0 aliphatic carbocycles. The number of hydrogen-bond acceptors (Lipinski definition) is 7. The number of hydrogen-bond donors (Lipinski definition) is 0. The fourth-order valence-electron chi connectivity index (χ4n) is 3.75. The molecule has 28 heavy (non-hydrogen) atoms. The molecule has 0 saturated carbocycles. The van der Waals surface area contributed by atoms with E-state index in [4.69, 9.17) is 9.47 Å². The quantitative estimate of drug-likeness (QED) is 0.757. The molecule has 0 N–H and O–H groups in total. The number of ether oxygens (including phenoxy) is 2. The van der Waals surface area contributed by atoms with Crippen molar-refractivity contribution in [3.63, 3.8) is 0 Å². The van der Waals surface area contributed by atoms with Crippen molar-refractivity contribution in [3.05, 3.63) is 42.6 Å². The molecule has 150 valence electrons. The smallest absolute Gasteiger partial charge is 0.318 e. The fourth-order valence-corrected chi connectivity index (χ4v) is 5.48. The van der Waals surface area contributed by atoms with Crippen molar-refractivity contribution < 1.29 is 22.3 Å². The molecule has 2 unspecified atom stereocenters. The van der Waals surface area contributed by atoms with Crippen molar-refractivity contribution in [2.45, 2.75) is 23.2 Å². The van der Waals surface area contributed by atoms with E-state index < -0.39 is 21.9 Å². The summed E-state index contributed by atoms with van der Waals surface area (Å²) in [6.07, 6.45) is 0.187. The minimum absolute atomic E-state index is 0.0407.